The summed E-state index contributed by atoms with van der Waals surface area (Å²) in [6, 6.07) is 15.6. The summed E-state index contributed by atoms with van der Waals surface area (Å²) in [6.45, 7) is 8.65. The second kappa shape index (κ2) is 10.5. The Morgan fingerprint density at radius 3 is 2.43 bits per heavy atom. The van der Waals surface area contributed by atoms with Crippen molar-refractivity contribution in [1.29, 1.82) is 0 Å². The largest absolute Gasteiger partial charge is 0.496 e. The number of nitrogens with one attached hydrogen (secondary N) is 2. The van der Waals surface area contributed by atoms with E-state index in [0.29, 0.717) is 6.54 Å². The Labute approximate surface area is 180 Å². The van der Waals surface area contributed by atoms with Crippen LogP contribution < -0.4 is 15.4 Å². The van der Waals surface area contributed by atoms with Crippen LogP contribution in [0, 0.1) is 5.41 Å². The lowest BCUT2D eigenvalue weighted by Gasteiger charge is -2.31. The van der Waals surface area contributed by atoms with Crippen molar-refractivity contribution in [2.75, 3.05) is 38.6 Å². The van der Waals surface area contributed by atoms with Gasteiger partial charge in [-0.3, -0.25) is 0 Å². The molecule has 0 bridgehead atoms. The Bertz CT molecular complexity index is 811. The van der Waals surface area contributed by atoms with E-state index in [1.54, 1.807) is 7.11 Å². The van der Waals surface area contributed by atoms with Gasteiger partial charge < -0.3 is 20.3 Å². The van der Waals surface area contributed by atoms with Gasteiger partial charge >= 0.3 is 6.03 Å². The SMILES string of the molecule is COc1ccccc1-c1ccc(NC(=O)NCC(C)(C)CCN2CCCCC2)cc1. The molecule has 162 valence electrons. The van der Waals surface area contributed by atoms with Crippen LogP contribution in [0.25, 0.3) is 11.1 Å². The number of amides is 2. The normalized spacial score (nSPS) is 14.9. The van der Waals surface area contributed by atoms with Crippen LogP contribution in [0.15, 0.2) is 48.5 Å². The Morgan fingerprint density at radius 2 is 1.73 bits per heavy atom. The molecule has 2 aromatic carbocycles. The van der Waals surface area contributed by atoms with Crippen LogP contribution in [0.5, 0.6) is 5.75 Å². The summed E-state index contributed by atoms with van der Waals surface area (Å²) in [5, 5.41) is 5.97. The minimum Gasteiger partial charge on any atom is -0.496 e. The lowest BCUT2D eigenvalue weighted by atomic mass is 9.89. The number of urea groups is 1. The fourth-order valence-corrected chi connectivity index (χ4v) is 3.84. The van der Waals surface area contributed by atoms with E-state index in [-0.39, 0.29) is 11.4 Å². The zero-order valence-electron chi connectivity index (χ0n) is 18.5. The number of piperidine rings is 1. The van der Waals surface area contributed by atoms with E-state index in [9.17, 15) is 4.79 Å². The van der Waals surface area contributed by atoms with E-state index in [2.05, 4.69) is 29.4 Å². The molecule has 0 radical (unpaired) electrons. The first kappa shape index (κ1) is 22.2. The van der Waals surface area contributed by atoms with Crippen molar-refractivity contribution in [3.05, 3.63) is 48.5 Å². The van der Waals surface area contributed by atoms with Crippen LogP contribution in [0.3, 0.4) is 0 Å². The van der Waals surface area contributed by atoms with Crippen LogP contribution in [0.1, 0.15) is 39.5 Å². The fraction of sp³-hybridized carbons (Fsp3) is 0.480. The number of carbonyl (C=O) groups is 1. The molecule has 1 aliphatic rings. The van der Waals surface area contributed by atoms with E-state index in [1.165, 1.54) is 32.4 Å². The van der Waals surface area contributed by atoms with Crippen molar-refractivity contribution in [2.45, 2.75) is 39.5 Å². The van der Waals surface area contributed by atoms with Crippen LogP contribution in [-0.4, -0.2) is 44.2 Å². The summed E-state index contributed by atoms with van der Waals surface area (Å²) < 4.78 is 5.43. The van der Waals surface area contributed by atoms with Gasteiger partial charge in [-0.1, -0.05) is 50.6 Å². The maximum Gasteiger partial charge on any atom is 0.319 e. The first-order valence-electron chi connectivity index (χ1n) is 11.0. The summed E-state index contributed by atoms with van der Waals surface area (Å²) in [6.07, 6.45) is 5.08. The number of anilines is 1. The number of nitrogens with zero attached hydrogens (tertiary/aromatic N) is 1. The average molecular weight is 410 g/mol. The molecule has 5 heteroatoms. The highest BCUT2D eigenvalue weighted by Crippen LogP contribution is 2.30. The molecule has 30 heavy (non-hydrogen) atoms. The second-order valence-electron chi connectivity index (χ2n) is 8.90. The van der Waals surface area contributed by atoms with Gasteiger partial charge in [0.2, 0.25) is 0 Å². The molecule has 0 aromatic heterocycles. The summed E-state index contributed by atoms with van der Waals surface area (Å²) in [7, 11) is 1.67. The van der Waals surface area contributed by atoms with Crippen molar-refractivity contribution >= 4 is 11.7 Å². The molecule has 0 saturated carbocycles. The molecule has 2 N–H and O–H groups in total. The molecule has 2 amide bonds. The Balaban J connectivity index is 1.47. The molecule has 5 nitrogen and oxygen atoms in total. The predicted molar refractivity (Wildman–Crippen MR) is 124 cm³/mol. The van der Waals surface area contributed by atoms with E-state index in [4.69, 9.17) is 4.74 Å². The molecule has 2 aromatic rings. The molecule has 0 aliphatic carbocycles. The minimum absolute atomic E-state index is 0.0719. The number of likely N-dealkylation sites (tertiary alicyclic amines) is 1. The van der Waals surface area contributed by atoms with Crippen molar-refractivity contribution in [1.82, 2.24) is 10.2 Å². The first-order valence-corrected chi connectivity index (χ1v) is 11.0. The molecule has 0 unspecified atom stereocenters. The molecule has 3 rings (SSSR count). The fourth-order valence-electron chi connectivity index (χ4n) is 3.84. The van der Waals surface area contributed by atoms with Gasteiger partial charge in [0.25, 0.3) is 0 Å². The maximum absolute atomic E-state index is 12.4. The Kier molecular flexibility index (Phi) is 7.75. The number of hydrogen-bond donors (Lipinski definition) is 2. The summed E-state index contributed by atoms with van der Waals surface area (Å²) in [5.41, 5.74) is 2.93. The number of carbonyl (C=O) groups excluding carboxylic acids is 1. The van der Waals surface area contributed by atoms with Gasteiger partial charge in [0, 0.05) is 17.8 Å². The summed E-state index contributed by atoms with van der Waals surface area (Å²) in [4.78, 5) is 14.9. The van der Waals surface area contributed by atoms with Crippen LogP contribution >= 0.6 is 0 Å². The third kappa shape index (κ3) is 6.49. The van der Waals surface area contributed by atoms with Gasteiger partial charge in [0.15, 0.2) is 0 Å². The quantitative estimate of drug-likeness (QED) is 0.615. The van der Waals surface area contributed by atoms with Crippen LogP contribution in [0.2, 0.25) is 0 Å². The third-order valence-electron chi connectivity index (χ3n) is 5.84. The topological polar surface area (TPSA) is 53.6 Å². The monoisotopic (exact) mass is 409 g/mol. The molecule has 0 atom stereocenters. The minimum atomic E-state index is -0.161. The van der Waals surface area contributed by atoms with Gasteiger partial charge in [-0.2, -0.15) is 0 Å². The van der Waals surface area contributed by atoms with Gasteiger partial charge in [0.05, 0.1) is 7.11 Å². The highest BCUT2D eigenvalue weighted by atomic mass is 16.5. The second-order valence-corrected chi connectivity index (χ2v) is 8.90. The Morgan fingerprint density at radius 1 is 1.03 bits per heavy atom. The number of rotatable bonds is 8. The molecule has 1 heterocycles. The van der Waals surface area contributed by atoms with Gasteiger partial charge in [-0.25, -0.2) is 4.79 Å². The molecule has 1 saturated heterocycles. The maximum atomic E-state index is 12.4. The smallest absolute Gasteiger partial charge is 0.319 e. The summed E-state index contributed by atoms with van der Waals surface area (Å²) >= 11 is 0. The van der Waals surface area contributed by atoms with E-state index in [0.717, 1.165) is 35.5 Å². The first-order chi connectivity index (χ1) is 14.5. The number of benzene rings is 2. The van der Waals surface area contributed by atoms with Crippen molar-refractivity contribution in [3.8, 4) is 16.9 Å². The van der Waals surface area contributed by atoms with Crippen LogP contribution in [-0.2, 0) is 0 Å². The third-order valence-corrected chi connectivity index (χ3v) is 5.84. The van der Waals surface area contributed by atoms with Crippen molar-refractivity contribution in [3.63, 3.8) is 0 Å². The average Bonchev–Trinajstić information content (AvgIpc) is 2.78. The molecular formula is C25H35N3O2. The Hall–Kier alpha value is -2.53. The summed E-state index contributed by atoms with van der Waals surface area (Å²) in [5.74, 6) is 0.836. The highest BCUT2D eigenvalue weighted by Gasteiger charge is 2.21. The molecular weight excluding hydrogens is 374 g/mol. The molecule has 1 aliphatic heterocycles. The lowest BCUT2D eigenvalue weighted by Crippen LogP contribution is -2.39. The predicted octanol–water partition coefficient (Wildman–Crippen LogP) is 5.39. The van der Waals surface area contributed by atoms with E-state index < -0.39 is 0 Å². The van der Waals surface area contributed by atoms with E-state index in [1.807, 2.05) is 48.5 Å². The number of ether oxygens (including phenoxy) is 1. The number of methoxy groups -OCH3 is 1. The van der Waals surface area contributed by atoms with Gasteiger partial charge in [-0.05, 0) is 68.1 Å². The highest BCUT2D eigenvalue weighted by molar-refractivity contribution is 5.89. The van der Waals surface area contributed by atoms with Crippen molar-refractivity contribution < 1.29 is 9.53 Å². The van der Waals surface area contributed by atoms with Crippen LogP contribution in [0.4, 0.5) is 10.5 Å². The molecule has 0 spiro atoms. The molecule has 1 fully saturated rings. The standard InChI is InChI=1S/C25H35N3O2/c1-25(2,15-18-28-16-7-4-8-17-28)19-26-24(29)27-21-13-11-20(12-14-21)22-9-5-6-10-23(22)30-3/h5-6,9-14H,4,7-8,15-19H2,1-3H3,(H2,26,27,29). The lowest BCUT2D eigenvalue weighted by molar-refractivity contribution is 0.187. The van der Waals surface area contributed by atoms with Crippen molar-refractivity contribution in [2.24, 2.45) is 5.41 Å². The zero-order chi connectivity index (χ0) is 21.4. The van der Waals surface area contributed by atoms with Gasteiger partial charge in [0.1, 0.15) is 5.75 Å². The number of para-hydroxylation sites is 1. The zero-order valence-corrected chi connectivity index (χ0v) is 18.5. The number of hydrogen-bond acceptors (Lipinski definition) is 3. The van der Waals surface area contributed by atoms with E-state index >= 15 is 0 Å². The van der Waals surface area contributed by atoms with Gasteiger partial charge in [-0.15, -0.1) is 0 Å².